The van der Waals surface area contributed by atoms with Crippen LogP contribution in [0.5, 0.6) is 0 Å². The highest BCUT2D eigenvalue weighted by molar-refractivity contribution is 6.30. The molecule has 0 saturated heterocycles. The third kappa shape index (κ3) is 3.02. The van der Waals surface area contributed by atoms with Crippen LogP contribution < -0.4 is 10.6 Å². The fourth-order valence-electron chi connectivity index (χ4n) is 2.06. The molecule has 2 rings (SSSR count). The number of aryl methyl sites for hydroxylation is 1. The van der Waals surface area contributed by atoms with Crippen molar-refractivity contribution in [2.24, 2.45) is 0 Å². The monoisotopic (exact) mass is 274 g/mol. The van der Waals surface area contributed by atoms with Crippen LogP contribution >= 0.6 is 11.6 Å². The smallest absolute Gasteiger partial charge is 0.0511 e. The van der Waals surface area contributed by atoms with E-state index in [1.54, 1.807) is 0 Å². The third-order valence-electron chi connectivity index (χ3n) is 3.58. The van der Waals surface area contributed by atoms with E-state index in [0.717, 1.165) is 22.0 Å². The van der Waals surface area contributed by atoms with Crippen LogP contribution in [-0.2, 0) is 0 Å². The molecule has 100 valence electrons. The number of hydrogen-bond acceptors (Lipinski definition) is 2. The molecule has 0 fully saturated rings. The van der Waals surface area contributed by atoms with E-state index in [0.29, 0.717) is 0 Å². The highest BCUT2D eigenvalue weighted by atomic mass is 35.5. The first-order chi connectivity index (χ1) is 8.99. The molecule has 1 atom stereocenters. The van der Waals surface area contributed by atoms with Crippen LogP contribution in [0.25, 0.3) is 0 Å². The SMILES string of the molecule is Cc1ccc(N(C)C(C)c2cccc(Cl)c2)cc1N. The van der Waals surface area contributed by atoms with Gasteiger partial charge in [-0.2, -0.15) is 0 Å². The van der Waals surface area contributed by atoms with Gasteiger partial charge in [0.1, 0.15) is 0 Å². The Hall–Kier alpha value is -1.67. The minimum absolute atomic E-state index is 0.237. The Morgan fingerprint density at radius 2 is 1.89 bits per heavy atom. The maximum atomic E-state index is 6.05. The van der Waals surface area contributed by atoms with Crippen molar-refractivity contribution in [1.82, 2.24) is 0 Å². The Labute approximate surface area is 119 Å². The summed E-state index contributed by atoms with van der Waals surface area (Å²) in [5, 5.41) is 0.765. The number of nitrogen functional groups attached to an aromatic ring is 1. The van der Waals surface area contributed by atoms with Crippen molar-refractivity contribution in [3.63, 3.8) is 0 Å². The van der Waals surface area contributed by atoms with Gasteiger partial charge < -0.3 is 10.6 Å². The molecule has 0 amide bonds. The lowest BCUT2D eigenvalue weighted by Crippen LogP contribution is -2.21. The van der Waals surface area contributed by atoms with Gasteiger partial charge in [0.05, 0.1) is 6.04 Å². The molecule has 3 heteroatoms. The molecule has 0 aliphatic rings. The molecule has 0 aliphatic carbocycles. The lowest BCUT2D eigenvalue weighted by Gasteiger charge is -2.28. The van der Waals surface area contributed by atoms with Gasteiger partial charge >= 0.3 is 0 Å². The van der Waals surface area contributed by atoms with E-state index in [9.17, 15) is 0 Å². The van der Waals surface area contributed by atoms with Crippen LogP contribution in [0.4, 0.5) is 11.4 Å². The Morgan fingerprint density at radius 3 is 2.53 bits per heavy atom. The summed E-state index contributed by atoms with van der Waals surface area (Å²) in [5.41, 5.74) is 10.2. The predicted molar refractivity (Wildman–Crippen MR) is 83.9 cm³/mol. The second-order valence-electron chi connectivity index (χ2n) is 4.88. The van der Waals surface area contributed by atoms with Crippen LogP contribution in [0.1, 0.15) is 24.1 Å². The topological polar surface area (TPSA) is 29.3 Å². The number of anilines is 2. The van der Waals surface area contributed by atoms with E-state index in [2.05, 4.69) is 31.0 Å². The molecule has 2 aromatic rings. The summed E-state index contributed by atoms with van der Waals surface area (Å²) >= 11 is 6.05. The number of halogens is 1. The quantitative estimate of drug-likeness (QED) is 0.839. The van der Waals surface area contributed by atoms with E-state index in [4.69, 9.17) is 17.3 Å². The lowest BCUT2D eigenvalue weighted by atomic mass is 10.1. The van der Waals surface area contributed by atoms with Crippen LogP contribution in [0.3, 0.4) is 0 Å². The summed E-state index contributed by atoms with van der Waals surface area (Å²) in [4.78, 5) is 2.20. The molecule has 19 heavy (non-hydrogen) atoms. The molecule has 2 N–H and O–H groups in total. The van der Waals surface area contributed by atoms with Gasteiger partial charge in [0, 0.05) is 23.4 Å². The summed E-state index contributed by atoms with van der Waals surface area (Å²) in [5.74, 6) is 0. The average Bonchev–Trinajstić information content (AvgIpc) is 2.40. The second kappa shape index (κ2) is 5.54. The van der Waals surface area contributed by atoms with Gasteiger partial charge in [0.15, 0.2) is 0 Å². The van der Waals surface area contributed by atoms with Gasteiger partial charge in [-0.3, -0.25) is 0 Å². The van der Waals surface area contributed by atoms with E-state index >= 15 is 0 Å². The largest absolute Gasteiger partial charge is 0.398 e. The lowest BCUT2D eigenvalue weighted by molar-refractivity contribution is 0.740. The Morgan fingerprint density at radius 1 is 1.16 bits per heavy atom. The molecular weight excluding hydrogens is 256 g/mol. The summed E-state index contributed by atoms with van der Waals surface area (Å²) in [7, 11) is 2.07. The number of nitrogens with two attached hydrogens (primary N) is 1. The van der Waals surface area contributed by atoms with Crippen LogP contribution in [0.2, 0.25) is 5.02 Å². The van der Waals surface area contributed by atoms with E-state index < -0.39 is 0 Å². The first-order valence-corrected chi connectivity index (χ1v) is 6.71. The third-order valence-corrected chi connectivity index (χ3v) is 3.82. The molecule has 0 heterocycles. The van der Waals surface area contributed by atoms with Crippen molar-refractivity contribution in [2.45, 2.75) is 19.9 Å². The maximum absolute atomic E-state index is 6.05. The number of benzene rings is 2. The van der Waals surface area contributed by atoms with E-state index in [-0.39, 0.29) is 6.04 Å². The summed E-state index contributed by atoms with van der Waals surface area (Å²) in [6, 6.07) is 14.3. The molecule has 0 spiro atoms. The zero-order valence-electron chi connectivity index (χ0n) is 11.5. The van der Waals surface area contributed by atoms with Gasteiger partial charge in [0.25, 0.3) is 0 Å². The molecule has 0 saturated carbocycles. The first-order valence-electron chi connectivity index (χ1n) is 6.33. The maximum Gasteiger partial charge on any atom is 0.0511 e. The van der Waals surface area contributed by atoms with Crippen LogP contribution in [0.15, 0.2) is 42.5 Å². The van der Waals surface area contributed by atoms with E-state index in [1.807, 2.05) is 37.3 Å². The molecule has 1 unspecified atom stereocenters. The van der Waals surface area contributed by atoms with Crippen LogP contribution in [-0.4, -0.2) is 7.05 Å². The normalized spacial score (nSPS) is 12.2. The Bertz CT molecular complexity index is 581. The zero-order chi connectivity index (χ0) is 14.0. The summed E-state index contributed by atoms with van der Waals surface area (Å²) in [6.45, 7) is 4.17. The highest BCUT2D eigenvalue weighted by Gasteiger charge is 2.13. The van der Waals surface area contributed by atoms with Crippen molar-refractivity contribution in [2.75, 3.05) is 17.7 Å². The van der Waals surface area contributed by atoms with Crippen molar-refractivity contribution in [3.05, 3.63) is 58.6 Å². The zero-order valence-corrected chi connectivity index (χ0v) is 12.3. The fraction of sp³-hybridized carbons (Fsp3) is 0.250. The standard InChI is InChI=1S/C16H19ClN2/c1-11-7-8-15(10-16(11)18)19(3)12(2)13-5-4-6-14(17)9-13/h4-10,12H,18H2,1-3H3. The molecule has 0 bridgehead atoms. The van der Waals surface area contributed by atoms with Crippen molar-refractivity contribution < 1.29 is 0 Å². The fourth-order valence-corrected chi connectivity index (χ4v) is 2.26. The van der Waals surface area contributed by atoms with Gasteiger partial charge in [-0.05, 0) is 49.2 Å². The first kappa shape index (κ1) is 13.8. The van der Waals surface area contributed by atoms with Crippen LogP contribution in [0, 0.1) is 6.92 Å². The molecule has 2 nitrogen and oxygen atoms in total. The number of hydrogen-bond donors (Lipinski definition) is 1. The van der Waals surface area contributed by atoms with Gasteiger partial charge in [-0.15, -0.1) is 0 Å². The van der Waals surface area contributed by atoms with Crippen molar-refractivity contribution in [3.8, 4) is 0 Å². The Kier molecular flexibility index (Phi) is 4.01. The molecule has 0 radical (unpaired) electrons. The molecule has 2 aromatic carbocycles. The minimum Gasteiger partial charge on any atom is -0.398 e. The van der Waals surface area contributed by atoms with Gasteiger partial charge in [0.2, 0.25) is 0 Å². The summed E-state index contributed by atoms with van der Waals surface area (Å²) < 4.78 is 0. The number of nitrogens with zero attached hydrogens (tertiary/aromatic N) is 1. The summed E-state index contributed by atoms with van der Waals surface area (Å²) in [6.07, 6.45) is 0. The van der Waals surface area contributed by atoms with Gasteiger partial charge in [-0.25, -0.2) is 0 Å². The number of rotatable bonds is 3. The van der Waals surface area contributed by atoms with Crippen molar-refractivity contribution in [1.29, 1.82) is 0 Å². The highest BCUT2D eigenvalue weighted by Crippen LogP contribution is 2.28. The molecule has 0 aliphatic heterocycles. The molecule has 0 aromatic heterocycles. The average molecular weight is 275 g/mol. The van der Waals surface area contributed by atoms with E-state index in [1.165, 1.54) is 5.56 Å². The van der Waals surface area contributed by atoms with Gasteiger partial charge in [-0.1, -0.05) is 29.8 Å². The Balaban J connectivity index is 2.27. The molecular formula is C16H19ClN2. The second-order valence-corrected chi connectivity index (χ2v) is 5.32. The minimum atomic E-state index is 0.237. The van der Waals surface area contributed by atoms with Crippen molar-refractivity contribution >= 4 is 23.0 Å². The predicted octanol–water partition coefficient (Wildman–Crippen LogP) is 4.43.